The lowest BCUT2D eigenvalue weighted by atomic mass is 10.2. The fraction of sp³-hybridized carbons (Fsp3) is 0.750. The number of likely N-dealkylation sites (tertiary alicyclic amines) is 1. The van der Waals surface area contributed by atoms with Crippen molar-refractivity contribution < 1.29 is 19.1 Å². The minimum absolute atomic E-state index is 0.0239. The quantitative estimate of drug-likeness (QED) is 0.525. The van der Waals surface area contributed by atoms with Crippen LogP contribution in [0.2, 0.25) is 0 Å². The molecule has 1 N–H and O–H groups in total. The molecule has 0 aromatic heterocycles. The molecule has 1 amide bonds. The lowest BCUT2D eigenvalue weighted by Gasteiger charge is -2.29. The van der Waals surface area contributed by atoms with Crippen LogP contribution in [0.5, 0.6) is 0 Å². The molecule has 0 aromatic carbocycles. The van der Waals surface area contributed by atoms with Crippen LogP contribution in [-0.2, 0) is 4.79 Å². The van der Waals surface area contributed by atoms with Gasteiger partial charge in [0.25, 0.3) is 0 Å². The van der Waals surface area contributed by atoms with Gasteiger partial charge in [0, 0.05) is 13.0 Å². The average molecular weight is 204 g/mol. The van der Waals surface area contributed by atoms with Crippen LogP contribution >= 0.6 is 0 Å². The number of aldehydes is 1. The number of amides is 1. The van der Waals surface area contributed by atoms with Crippen molar-refractivity contribution in [1.29, 1.82) is 0 Å². The SMILES string of the molecule is CN(CC=O)C1(F)CCN(C(=O)O)C1. The Bertz CT molecular complexity index is 249. The van der Waals surface area contributed by atoms with E-state index in [1.807, 2.05) is 0 Å². The monoisotopic (exact) mass is 204 g/mol. The molecule has 1 fully saturated rings. The number of hydrogen-bond acceptors (Lipinski definition) is 3. The van der Waals surface area contributed by atoms with Crippen LogP contribution in [0.15, 0.2) is 0 Å². The molecule has 0 aromatic rings. The van der Waals surface area contributed by atoms with Crippen LogP contribution < -0.4 is 0 Å². The van der Waals surface area contributed by atoms with Crippen molar-refractivity contribution in [3.63, 3.8) is 0 Å². The molecule has 1 saturated heterocycles. The van der Waals surface area contributed by atoms with E-state index < -0.39 is 11.9 Å². The van der Waals surface area contributed by atoms with Crippen molar-refractivity contribution in [1.82, 2.24) is 9.80 Å². The highest BCUT2D eigenvalue weighted by Crippen LogP contribution is 2.27. The lowest BCUT2D eigenvalue weighted by molar-refractivity contribution is -0.112. The summed E-state index contributed by atoms with van der Waals surface area (Å²) in [4.78, 5) is 23.0. The van der Waals surface area contributed by atoms with E-state index in [4.69, 9.17) is 5.11 Å². The van der Waals surface area contributed by atoms with Crippen LogP contribution in [0.25, 0.3) is 0 Å². The van der Waals surface area contributed by atoms with Gasteiger partial charge in [-0.2, -0.15) is 0 Å². The molecule has 6 heteroatoms. The highest BCUT2D eigenvalue weighted by Gasteiger charge is 2.43. The Morgan fingerprint density at radius 2 is 2.43 bits per heavy atom. The maximum atomic E-state index is 14.0. The zero-order valence-corrected chi connectivity index (χ0v) is 7.94. The number of carbonyl (C=O) groups excluding carboxylic acids is 1. The molecule has 0 spiro atoms. The fourth-order valence-corrected chi connectivity index (χ4v) is 1.51. The van der Waals surface area contributed by atoms with E-state index in [1.165, 1.54) is 11.9 Å². The second-order valence-electron chi connectivity index (χ2n) is 3.42. The summed E-state index contributed by atoms with van der Waals surface area (Å²) in [6, 6.07) is 0. The van der Waals surface area contributed by atoms with Gasteiger partial charge in [-0.05, 0) is 7.05 Å². The van der Waals surface area contributed by atoms with Gasteiger partial charge in [-0.25, -0.2) is 9.18 Å². The summed E-state index contributed by atoms with van der Waals surface area (Å²) in [5.74, 6) is -1.70. The number of alkyl halides is 1. The van der Waals surface area contributed by atoms with E-state index in [1.54, 1.807) is 0 Å². The van der Waals surface area contributed by atoms with Crippen LogP contribution in [0, 0.1) is 0 Å². The third-order valence-corrected chi connectivity index (χ3v) is 2.50. The van der Waals surface area contributed by atoms with Crippen LogP contribution in [-0.4, -0.2) is 59.8 Å². The summed E-state index contributed by atoms with van der Waals surface area (Å²) in [5.41, 5.74) is 0. The molecule has 1 heterocycles. The number of halogens is 1. The second-order valence-corrected chi connectivity index (χ2v) is 3.42. The highest BCUT2D eigenvalue weighted by molar-refractivity contribution is 5.65. The fourth-order valence-electron chi connectivity index (χ4n) is 1.51. The van der Waals surface area contributed by atoms with E-state index in [-0.39, 0.29) is 26.1 Å². The molecule has 1 unspecified atom stereocenters. The van der Waals surface area contributed by atoms with Crippen molar-refractivity contribution in [2.24, 2.45) is 0 Å². The minimum Gasteiger partial charge on any atom is -0.465 e. The molecule has 1 atom stereocenters. The van der Waals surface area contributed by atoms with Crippen molar-refractivity contribution in [2.45, 2.75) is 12.2 Å². The number of carbonyl (C=O) groups is 2. The summed E-state index contributed by atoms with van der Waals surface area (Å²) in [7, 11) is 1.47. The molecule has 0 radical (unpaired) electrons. The summed E-state index contributed by atoms with van der Waals surface area (Å²) in [5, 5.41) is 8.63. The Balaban J connectivity index is 2.60. The van der Waals surface area contributed by atoms with E-state index in [0.717, 1.165) is 4.90 Å². The average Bonchev–Trinajstić information content (AvgIpc) is 2.50. The first-order chi connectivity index (χ1) is 6.49. The number of hydrogen-bond donors (Lipinski definition) is 1. The summed E-state index contributed by atoms with van der Waals surface area (Å²) in [6.07, 6.45) is -0.405. The highest BCUT2D eigenvalue weighted by atomic mass is 19.1. The molecule has 14 heavy (non-hydrogen) atoms. The van der Waals surface area contributed by atoms with E-state index in [9.17, 15) is 14.0 Å². The van der Waals surface area contributed by atoms with Gasteiger partial charge in [0.2, 0.25) is 0 Å². The Kier molecular flexibility index (Phi) is 3.05. The molecule has 1 aliphatic heterocycles. The van der Waals surface area contributed by atoms with Gasteiger partial charge in [-0.15, -0.1) is 0 Å². The Hall–Kier alpha value is -1.17. The molecule has 0 saturated carbocycles. The number of nitrogens with zero attached hydrogens (tertiary/aromatic N) is 2. The van der Waals surface area contributed by atoms with Crippen molar-refractivity contribution >= 4 is 12.4 Å². The first-order valence-corrected chi connectivity index (χ1v) is 4.31. The largest absolute Gasteiger partial charge is 0.465 e. The summed E-state index contributed by atoms with van der Waals surface area (Å²) >= 11 is 0. The Morgan fingerprint density at radius 1 is 1.79 bits per heavy atom. The maximum Gasteiger partial charge on any atom is 0.407 e. The van der Waals surface area contributed by atoms with Crippen molar-refractivity contribution in [3.05, 3.63) is 0 Å². The van der Waals surface area contributed by atoms with Crippen LogP contribution in [0.3, 0.4) is 0 Å². The van der Waals surface area contributed by atoms with Gasteiger partial charge in [0.15, 0.2) is 5.79 Å². The number of likely N-dealkylation sites (N-methyl/N-ethyl adjacent to an activating group) is 1. The lowest BCUT2D eigenvalue weighted by Crippen LogP contribution is -2.46. The van der Waals surface area contributed by atoms with E-state index in [0.29, 0.717) is 6.29 Å². The molecule has 1 aliphatic rings. The Labute approximate surface area is 81.1 Å². The van der Waals surface area contributed by atoms with Gasteiger partial charge in [0.05, 0.1) is 13.1 Å². The van der Waals surface area contributed by atoms with Crippen molar-refractivity contribution in [3.8, 4) is 0 Å². The predicted molar refractivity (Wildman–Crippen MR) is 46.7 cm³/mol. The van der Waals surface area contributed by atoms with E-state index >= 15 is 0 Å². The van der Waals surface area contributed by atoms with Gasteiger partial charge in [-0.3, -0.25) is 4.90 Å². The standard InChI is InChI=1S/C8H13FN2O3/c1-10(4-5-12)8(9)2-3-11(6-8)7(13)14/h5H,2-4,6H2,1H3,(H,13,14). The molecule has 0 aliphatic carbocycles. The predicted octanol–water partition coefficient (Wildman–Crippen LogP) is 0.167. The van der Waals surface area contributed by atoms with Gasteiger partial charge >= 0.3 is 6.09 Å². The smallest absolute Gasteiger partial charge is 0.407 e. The molecular weight excluding hydrogens is 191 g/mol. The molecule has 0 bridgehead atoms. The number of rotatable bonds is 3. The molecule has 5 nitrogen and oxygen atoms in total. The van der Waals surface area contributed by atoms with Gasteiger partial charge < -0.3 is 14.8 Å². The summed E-state index contributed by atoms with van der Waals surface area (Å²) in [6.45, 7) is -0.0360. The van der Waals surface area contributed by atoms with Crippen LogP contribution in [0.4, 0.5) is 9.18 Å². The first-order valence-electron chi connectivity index (χ1n) is 4.31. The third kappa shape index (κ3) is 2.01. The molecule has 80 valence electrons. The van der Waals surface area contributed by atoms with Crippen molar-refractivity contribution in [2.75, 3.05) is 26.7 Å². The van der Waals surface area contributed by atoms with E-state index in [2.05, 4.69) is 0 Å². The van der Waals surface area contributed by atoms with Gasteiger partial charge in [-0.1, -0.05) is 0 Å². The second kappa shape index (κ2) is 3.91. The number of carboxylic acid groups (broad SMARTS) is 1. The normalized spacial score (nSPS) is 26.9. The minimum atomic E-state index is -1.70. The maximum absolute atomic E-state index is 14.0. The zero-order valence-electron chi connectivity index (χ0n) is 7.94. The Morgan fingerprint density at radius 3 is 2.86 bits per heavy atom. The molecule has 1 rings (SSSR count). The van der Waals surface area contributed by atoms with Crippen LogP contribution in [0.1, 0.15) is 6.42 Å². The zero-order chi connectivity index (χ0) is 10.8. The molecular formula is C8H13FN2O3. The third-order valence-electron chi connectivity index (χ3n) is 2.50. The topological polar surface area (TPSA) is 60.9 Å². The van der Waals surface area contributed by atoms with Gasteiger partial charge in [0.1, 0.15) is 6.29 Å². The first kappa shape index (κ1) is 10.9. The summed E-state index contributed by atoms with van der Waals surface area (Å²) < 4.78 is 14.0.